The van der Waals surface area contributed by atoms with Gasteiger partial charge in [-0.2, -0.15) is 4.98 Å². The van der Waals surface area contributed by atoms with Crippen molar-refractivity contribution in [1.29, 1.82) is 0 Å². The van der Waals surface area contributed by atoms with E-state index in [1.54, 1.807) is 6.20 Å². The van der Waals surface area contributed by atoms with Crippen LogP contribution in [0.4, 0.5) is 14.7 Å². The zero-order chi connectivity index (χ0) is 21.0. The van der Waals surface area contributed by atoms with Crippen molar-refractivity contribution in [3.8, 4) is 11.1 Å². The number of H-pyrrole nitrogens is 1. The molecule has 3 heterocycles. The molecule has 0 bridgehead atoms. The maximum absolute atomic E-state index is 13.8. The number of halogens is 2. The lowest BCUT2D eigenvalue weighted by molar-refractivity contribution is -0.00831. The van der Waals surface area contributed by atoms with Crippen LogP contribution in [0.1, 0.15) is 26.7 Å². The van der Waals surface area contributed by atoms with Crippen molar-refractivity contribution in [3.05, 3.63) is 49.0 Å². The molecule has 0 saturated heterocycles. The number of aromatic amines is 1. The van der Waals surface area contributed by atoms with E-state index in [1.165, 1.54) is 6.20 Å². The first-order chi connectivity index (χ1) is 14.0. The molecule has 0 spiro atoms. The van der Waals surface area contributed by atoms with Gasteiger partial charge in [0.2, 0.25) is 5.95 Å². The minimum absolute atomic E-state index is 0.196. The SMILES string of the molecule is C=CN=c1ccc(-c2c[nH]c3nc(NCC(F)(F)C4CC4)ncc23)cn1C.CC. The second-order valence-electron chi connectivity index (χ2n) is 6.75. The van der Waals surface area contributed by atoms with E-state index in [-0.39, 0.29) is 5.95 Å². The van der Waals surface area contributed by atoms with Gasteiger partial charge in [-0.1, -0.05) is 20.4 Å². The monoisotopic (exact) mass is 400 g/mol. The fourth-order valence-corrected chi connectivity index (χ4v) is 3.06. The molecule has 0 aliphatic heterocycles. The Bertz CT molecular complexity index is 1060. The van der Waals surface area contributed by atoms with Crippen molar-refractivity contribution in [2.75, 3.05) is 11.9 Å². The Morgan fingerprint density at radius 2 is 2.14 bits per heavy atom. The Morgan fingerprint density at radius 1 is 1.38 bits per heavy atom. The third kappa shape index (κ3) is 4.52. The number of anilines is 1. The van der Waals surface area contributed by atoms with Crippen LogP contribution in [0.3, 0.4) is 0 Å². The van der Waals surface area contributed by atoms with Crippen molar-refractivity contribution in [3.63, 3.8) is 0 Å². The van der Waals surface area contributed by atoms with E-state index in [4.69, 9.17) is 0 Å². The van der Waals surface area contributed by atoms with Gasteiger partial charge in [0.25, 0.3) is 5.92 Å². The fraction of sp³-hybridized carbons (Fsp3) is 0.381. The van der Waals surface area contributed by atoms with Gasteiger partial charge < -0.3 is 14.9 Å². The first-order valence-corrected chi connectivity index (χ1v) is 9.75. The number of nitrogens with zero attached hydrogens (tertiary/aromatic N) is 4. The van der Waals surface area contributed by atoms with Gasteiger partial charge in [-0.15, -0.1) is 0 Å². The third-order valence-electron chi connectivity index (χ3n) is 4.73. The maximum atomic E-state index is 13.8. The maximum Gasteiger partial charge on any atom is 0.267 e. The summed E-state index contributed by atoms with van der Waals surface area (Å²) in [5, 5.41) is 3.48. The minimum Gasteiger partial charge on any atom is -0.348 e. The average molecular weight is 400 g/mol. The van der Waals surface area contributed by atoms with Gasteiger partial charge in [0.1, 0.15) is 11.1 Å². The molecule has 0 atom stereocenters. The van der Waals surface area contributed by atoms with Crippen molar-refractivity contribution in [2.24, 2.45) is 18.0 Å². The second kappa shape index (κ2) is 8.55. The topological polar surface area (TPSA) is 70.9 Å². The highest BCUT2D eigenvalue weighted by Crippen LogP contribution is 2.43. The first kappa shape index (κ1) is 20.7. The molecule has 154 valence electrons. The number of hydrogen-bond acceptors (Lipinski definition) is 4. The number of rotatable bonds is 6. The van der Waals surface area contributed by atoms with Gasteiger partial charge >= 0.3 is 0 Å². The van der Waals surface area contributed by atoms with Gasteiger partial charge in [0.05, 0.1) is 6.54 Å². The molecule has 0 aromatic carbocycles. The fourth-order valence-electron chi connectivity index (χ4n) is 3.06. The molecule has 8 heteroatoms. The van der Waals surface area contributed by atoms with Crippen LogP contribution in [0.25, 0.3) is 22.2 Å². The van der Waals surface area contributed by atoms with Gasteiger partial charge in [-0.3, -0.25) is 0 Å². The van der Waals surface area contributed by atoms with Crippen molar-refractivity contribution < 1.29 is 8.78 Å². The zero-order valence-electron chi connectivity index (χ0n) is 16.9. The molecule has 6 nitrogen and oxygen atoms in total. The smallest absolute Gasteiger partial charge is 0.267 e. The average Bonchev–Trinajstić information content (AvgIpc) is 3.51. The molecule has 0 unspecified atom stereocenters. The lowest BCUT2D eigenvalue weighted by atomic mass is 10.1. The summed E-state index contributed by atoms with van der Waals surface area (Å²) in [7, 11) is 1.90. The van der Waals surface area contributed by atoms with Gasteiger partial charge in [0, 0.05) is 54.3 Å². The normalized spacial score (nSPS) is 14.4. The number of alkyl halides is 2. The number of nitrogens with one attached hydrogen (secondary N) is 2. The summed E-state index contributed by atoms with van der Waals surface area (Å²) in [6, 6.07) is 3.85. The van der Waals surface area contributed by atoms with E-state index < -0.39 is 18.4 Å². The summed E-state index contributed by atoms with van der Waals surface area (Å²) in [4.78, 5) is 15.8. The van der Waals surface area contributed by atoms with Crippen LogP contribution in [0.15, 0.2) is 48.5 Å². The quantitative estimate of drug-likeness (QED) is 0.640. The van der Waals surface area contributed by atoms with E-state index in [0.29, 0.717) is 18.5 Å². The van der Waals surface area contributed by atoms with Crippen LogP contribution in [-0.4, -0.2) is 32.0 Å². The summed E-state index contributed by atoms with van der Waals surface area (Å²) in [6.07, 6.45) is 8.11. The summed E-state index contributed by atoms with van der Waals surface area (Å²) in [5.41, 5.74) is 3.28. The second-order valence-corrected chi connectivity index (χ2v) is 6.75. The van der Waals surface area contributed by atoms with Gasteiger partial charge in [0.15, 0.2) is 0 Å². The van der Waals surface area contributed by atoms with Crippen LogP contribution in [0, 0.1) is 5.92 Å². The van der Waals surface area contributed by atoms with E-state index in [1.807, 2.05) is 50.0 Å². The predicted octanol–water partition coefficient (Wildman–Crippen LogP) is 4.49. The van der Waals surface area contributed by atoms with E-state index in [9.17, 15) is 8.78 Å². The van der Waals surface area contributed by atoms with Crippen LogP contribution in [0.5, 0.6) is 0 Å². The highest BCUT2D eigenvalue weighted by atomic mass is 19.3. The van der Waals surface area contributed by atoms with Crippen LogP contribution in [0.2, 0.25) is 0 Å². The molecule has 29 heavy (non-hydrogen) atoms. The molecular formula is C21H26F2N6. The van der Waals surface area contributed by atoms with E-state index >= 15 is 0 Å². The lowest BCUT2D eigenvalue weighted by Crippen LogP contribution is -2.29. The minimum atomic E-state index is -2.72. The van der Waals surface area contributed by atoms with Crippen LogP contribution < -0.4 is 10.8 Å². The van der Waals surface area contributed by atoms with E-state index in [2.05, 4.69) is 31.8 Å². The van der Waals surface area contributed by atoms with E-state index in [0.717, 1.165) is 22.0 Å². The molecule has 3 aromatic heterocycles. The molecule has 0 amide bonds. The molecule has 1 aliphatic rings. The highest BCUT2D eigenvalue weighted by molar-refractivity contribution is 5.93. The lowest BCUT2D eigenvalue weighted by Gasteiger charge is -2.15. The van der Waals surface area contributed by atoms with Gasteiger partial charge in [-0.05, 0) is 25.0 Å². The Kier molecular flexibility index (Phi) is 6.10. The molecule has 0 radical (unpaired) electrons. The van der Waals surface area contributed by atoms with Crippen molar-refractivity contribution in [1.82, 2.24) is 19.5 Å². The van der Waals surface area contributed by atoms with Gasteiger partial charge in [-0.25, -0.2) is 18.8 Å². The van der Waals surface area contributed by atoms with Crippen molar-refractivity contribution >= 4 is 17.0 Å². The largest absolute Gasteiger partial charge is 0.348 e. The highest BCUT2D eigenvalue weighted by Gasteiger charge is 2.46. The number of fused-ring (bicyclic) bond motifs is 1. The molecule has 3 aromatic rings. The Balaban J connectivity index is 0.00000117. The third-order valence-corrected chi connectivity index (χ3v) is 4.73. The summed E-state index contributed by atoms with van der Waals surface area (Å²) in [5.74, 6) is -3.03. The first-order valence-electron chi connectivity index (χ1n) is 9.75. The summed E-state index contributed by atoms with van der Waals surface area (Å²) in [6.45, 7) is 7.16. The summed E-state index contributed by atoms with van der Waals surface area (Å²) < 4.78 is 29.5. The Morgan fingerprint density at radius 3 is 2.79 bits per heavy atom. The predicted molar refractivity (Wildman–Crippen MR) is 112 cm³/mol. The summed E-state index contributed by atoms with van der Waals surface area (Å²) >= 11 is 0. The number of aromatic nitrogens is 4. The molecule has 1 fully saturated rings. The molecule has 2 N–H and O–H groups in total. The standard InChI is InChI=1S/C19H20F2N6.C2H6/c1-3-22-16-7-4-12(10-27(16)2)14-8-23-17-15(14)9-24-18(26-17)25-11-19(20,21)13-5-6-13;1-2/h3-4,7-10,13H,1,5-6,11H2,2H3,(H2,23,24,25,26);1-2H3. The van der Waals surface area contributed by atoms with Crippen LogP contribution >= 0.6 is 0 Å². The number of pyridine rings is 1. The molecule has 1 aliphatic carbocycles. The molecular weight excluding hydrogens is 374 g/mol. The Hall–Kier alpha value is -3.03. The zero-order valence-corrected chi connectivity index (χ0v) is 16.9. The molecule has 4 rings (SSSR count). The molecule has 1 saturated carbocycles. The van der Waals surface area contributed by atoms with Crippen LogP contribution in [-0.2, 0) is 7.05 Å². The van der Waals surface area contributed by atoms with Crippen molar-refractivity contribution in [2.45, 2.75) is 32.6 Å². The number of hydrogen-bond donors (Lipinski definition) is 2. The number of aryl methyl sites for hydroxylation is 1. The Labute approximate surface area is 168 Å².